The molecule has 0 spiro atoms. The highest BCUT2D eigenvalue weighted by molar-refractivity contribution is 6.04. The molecule has 8 nitrogen and oxygen atoms in total. The number of hydrogen-bond donors (Lipinski definition) is 3. The average Bonchev–Trinajstić information content (AvgIpc) is 2.82. The Bertz CT molecular complexity index is 1420. The molecular weight excluding hydrogens is 444 g/mol. The van der Waals surface area contributed by atoms with Crippen molar-refractivity contribution in [3.63, 3.8) is 0 Å². The van der Waals surface area contributed by atoms with Crippen molar-refractivity contribution in [2.45, 2.75) is 6.54 Å². The first-order chi connectivity index (χ1) is 16.4. The predicted molar refractivity (Wildman–Crippen MR) is 123 cm³/mol. The SMILES string of the molecule is NCc1c(Oc2ccc(NC(=O)c3cccn(-c4ccc(F)cc4)c3=O)cc2F)ccnc1N. The number of aromatic nitrogens is 2. The molecule has 10 heteroatoms. The van der Waals surface area contributed by atoms with Crippen molar-refractivity contribution in [2.75, 3.05) is 11.1 Å². The number of halogens is 2. The molecule has 0 aliphatic carbocycles. The normalized spacial score (nSPS) is 10.7. The van der Waals surface area contributed by atoms with Crippen molar-refractivity contribution < 1.29 is 18.3 Å². The van der Waals surface area contributed by atoms with E-state index in [2.05, 4.69) is 10.3 Å². The summed E-state index contributed by atoms with van der Waals surface area (Å²) in [6.07, 6.45) is 2.87. The van der Waals surface area contributed by atoms with E-state index in [4.69, 9.17) is 16.2 Å². The number of carbonyl (C=O) groups is 1. The maximum absolute atomic E-state index is 14.7. The van der Waals surface area contributed by atoms with Crippen molar-refractivity contribution in [1.82, 2.24) is 9.55 Å². The first kappa shape index (κ1) is 22.6. The molecule has 0 saturated carbocycles. The summed E-state index contributed by atoms with van der Waals surface area (Å²) in [7, 11) is 0. The van der Waals surface area contributed by atoms with Crippen molar-refractivity contribution in [1.29, 1.82) is 0 Å². The number of anilines is 2. The van der Waals surface area contributed by atoms with Crippen molar-refractivity contribution in [3.8, 4) is 17.2 Å². The molecular formula is C24H19F2N5O3. The molecule has 4 aromatic rings. The van der Waals surface area contributed by atoms with Crippen LogP contribution in [0.3, 0.4) is 0 Å². The van der Waals surface area contributed by atoms with Crippen LogP contribution in [0.1, 0.15) is 15.9 Å². The summed E-state index contributed by atoms with van der Waals surface area (Å²) in [6, 6.07) is 13.4. The summed E-state index contributed by atoms with van der Waals surface area (Å²) in [5.41, 5.74) is 11.6. The van der Waals surface area contributed by atoms with Crippen LogP contribution in [0.4, 0.5) is 20.3 Å². The average molecular weight is 463 g/mol. The van der Waals surface area contributed by atoms with Gasteiger partial charge in [0.25, 0.3) is 11.5 Å². The lowest BCUT2D eigenvalue weighted by atomic mass is 10.2. The van der Waals surface area contributed by atoms with Gasteiger partial charge in [0.15, 0.2) is 11.6 Å². The van der Waals surface area contributed by atoms with Crippen molar-refractivity contribution in [2.24, 2.45) is 5.73 Å². The molecule has 0 aliphatic heterocycles. The number of nitrogens with one attached hydrogen (secondary N) is 1. The molecule has 2 heterocycles. The minimum atomic E-state index is -0.757. The van der Waals surface area contributed by atoms with E-state index in [0.29, 0.717) is 11.3 Å². The Kier molecular flexibility index (Phi) is 6.33. The minimum absolute atomic E-state index is 0.0529. The zero-order valence-corrected chi connectivity index (χ0v) is 17.7. The maximum Gasteiger partial charge on any atom is 0.267 e. The Morgan fingerprint density at radius 3 is 2.53 bits per heavy atom. The van der Waals surface area contributed by atoms with E-state index in [9.17, 15) is 18.4 Å². The summed E-state index contributed by atoms with van der Waals surface area (Å²) in [4.78, 5) is 29.4. The summed E-state index contributed by atoms with van der Waals surface area (Å²) in [5.74, 6) is -1.62. The second-order valence-electron chi connectivity index (χ2n) is 7.15. The molecule has 0 radical (unpaired) electrons. The van der Waals surface area contributed by atoms with Gasteiger partial charge in [0.1, 0.15) is 22.9 Å². The smallest absolute Gasteiger partial charge is 0.267 e. The Hall–Kier alpha value is -4.57. The van der Waals surface area contributed by atoms with E-state index >= 15 is 0 Å². The number of benzene rings is 2. The Morgan fingerprint density at radius 1 is 1.06 bits per heavy atom. The molecule has 0 atom stereocenters. The molecule has 0 saturated heterocycles. The van der Waals surface area contributed by atoms with Crippen LogP contribution in [0.5, 0.6) is 11.5 Å². The maximum atomic E-state index is 14.7. The summed E-state index contributed by atoms with van der Waals surface area (Å²) in [5, 5.41) is 2.49. The highest BCUT2D eigenvalue weighted by Gasteiger charge is 2.16. The van der Waals surface area contributed by atoms with E-state index in [1.165, 1.54) is 71.6 Å². The van der Waals surface area contributed by atoms with Crippen LogP contribution in [-0.4, -0.2) is 15.5 Å². The van der Waals surface area contributed by atoms with Crippen LogP contribution in [0.15, 0.2) is 77.9 Å². The molecule has 1 amide bonds. The number of nitrogen functional groups attached to an aromatic ring is 1. The second kappa shape index (κ2) is 9.51. The minimum Gasteiger partial charge on any atom is -0.454 e. The number of pyridine rings is 2. The van der Waals surface area contributed by atoms with Crippen LogP contribution < -0.4 is 27.1 Å². The Morgan fingerprint density at radius 2 is 1.82 bits per heavy atom. The van der Waals surface area contributed by atoms with Crippen LogP contribution in [-0.2, 0) is 6.54 Å². The van der Waals surface area contributed by atoms with Crippen LogP contribution in [0.2, 0.25) is 0 Å². The van der Waals surface area contributed by atoms with Gasteiger partial charge in [-0.2, -0.15) is 0 Å². The van der Waals surface area contributed by atoms with Gasteiger partial charge in [-0.15, -0.1) is 0 Å². The number of ether oxygens (including phenoxy) is 1. The molecule has 5 N–H and O–H groups in total. The number of carbonyl (C=O) groups excluding carboxylic acids is 1. The van der Waals surface area contributed by atoms with Gasteiger partial charge in [-0.25, -0.2) is 13.8 Å². The third-order valence-electron chi connectivity index (χ3n) is 4.96. The van der Waals surface area contributed by atoms with Gasteiger partial charge in [0, 0.05) is 36.4 Å². The van der Waals surface area contributed by atoms with Crippen LogP contribution in [0.25, 0.3) is 5.69 Å². The molecule has 2 aromatic carbocycles. The lowest BCUT2D eigenvalue weighted by Crippen LogP contribution is -2.27. The highest BCUT2D eigenvalue weighted by atomic mass is 19.1. The van der Waals surface area contributed by atoms with Crippen LogP contribution in [0, 0.1) is 11.6 Å². The van der Waals surface area contributed by atoms with Gasteiger partial charge >= 0.3 is 0 Å². The zero-order valence-electron chi connectivity index (χ0n) is 17.7. The Balaban J connectivity index is 1.55. The molecule has 172 valence electrons. The second-order valence-corrected chi connectivity index (χ2v) is 7.15. The third-order valence-corrected chi connectivity index (χ3v) is 4.96. The molecule has 4 rings (SSSR count). The monoisotopic (exact) mass is 463 g/mol. The molecule has 34 heavy (non-hydrogen) atoms. The van der Waals surface area contributed by atoms with Crippen molar-refractivity contribution >= 4 is 17.4 Å². The van der Waals surface area contributed by atoms with Gasteiger partial charge in [0.05, 0.1) is 5.56 Å². The van der Waals surface area contributed by atoms with E-state index < -0.39 is 23.1 Å². The summed E-state index contributed by atoms with van der Waals surface area (Å²) < 4.78 is 34.6. The number of amides is 1. The van der Waals surface area contributed by atoms with E-state index in [1.54, 1.807) is 0 Å². The van der Waals surface area contributed by atoms with Gasteiger partial charge in [0.2, 0.25) is 0 Å². The zero-order chi connectivity index (χ0) is 24.2. The quantitative estimate of drug-likeness (QED) is 0.401. The topological polar surface area (TPSA) is 125 Å². The fourth-order valence-electron chi connectivity index (χ4n) is 3.24. The predicted octanol–water partition coefficient (Wildman–Crippen LogP) is 3.60. The Labute approximate surface area is 192 Å². The lowest BCUT2D eigenvalue weighted by Gasteiger charge is -2.13. The number of rotatable bonds is 6. The summed E-state index contributed by atoms with van der Waals surface area (Å²) >= 11 is 0. The van der Waals surface area contributed by atoms with Gasteiger partial charge in [-0.3, -0.25) is 14.2 Å². The van der Waals surface area contributed by atoms with E-state index in [-0.39, 0.29) is 35.1 Å². The van der Waals surface area contributed by atoms with E-state index in [1.807, 2.05) is 0 Å². The van der Waals surface area contributed by atoms with Crippen LogP contribution >= 0.6 is 0 Å². The number of nitrogens with zero attached hydrogens (tertiary/aromatic N) is 2. The lowest BCUT2D eigenvalue weighted by molar-refractivity contribution is 0.102. The van der Waals surface area contributed by atoms with Crippen molar-refractivity contribution in [3.05, 3.63) is 106 Å². The third kappa shape index (κ3) is 4.62. The van der Waals surface area contributed by atoms with E-state index in [0.717, 1.165) is 6.07 Å². The largest absolute Gasteiger partial charge is 0.454 e. The number of nitrogens with two attached hydrogens (primary N) is 2. The standard InChI is InChI=1S/C24H19F2N5O3/c25-14-3-6-16(7-4-14)31-11-1-2-17(24(31)33)23(32)30-15-5-8-21(19(26)12-15)34-20-9-10-29-22(28)18(20)13-27/h1-12H,13,27H2,(H2,28,29)(H,30,32). The fourth-order valence-corrected chi connectivity index (χ4v) is 3.24. The van der Waals surface area contributed by atoms with Gasteiger partial charge in [-0.1, -0.05) is 0 Å². The fraction of sp³-hybridized carbons (Fsp3) is 0.0417. The number of hydrogen-bond acceptors (Lipinski definition) is 6. The first-order valence-electron chi connectivity index (χ1n) is 10.1. The highest BCUT2D eigenvalue weighted by Crippen LogP contribution is 2.30. The summed E-state index contributed by atoms with van der Waals surface area (Å²) in [6.45, 7) is 0.0529. The molecule has 0 fully saturated rings. The molecule has 0 unspecified atom stereocenters. The molecule has 0 aliphatic rings. The van der Waals surface area contributed by atoms with Gasteiger partial charge in [-0.05, 0) is 54.6 Å². The molecule has 2 aromatic heterocycles. The first-order valence-corrected chi connectivity index (χ1v) is 10.1. The molecule has 0 bridgehead atoms. The van der Waals surface area contributed by atoms with Gasteiger partial charge < -0.3 is 21.5 Å².